The lowest BCUT2D eigenvalue weighted by atomic mass is 10.2. The topological polar surface area (TPSA) is 113 Å². The van der Waals surface area contributed by atoms with Gasteiger partial charge in [-0.2, -0.15) is 0 Å². The van der Waals surface area contributed by atoms with Crippen LogP contribution >= 0.6 is 0 Å². The van der Waals surface area contributed by atoms with Gasteiger partial charge in [0.25, 0.3) is 0 Å². The van der Waals surface area contributed by atoms with Gasteiger partial charge in [0.05, 0.1) is 0 Å². The average Bonchev–Trinajstić information content (AvgIpc) is 2.47. The molecule has 7 heteroatoms. The molecule has 0 spiro atoms. The molecule has 0 heterocycles. The van der Waals surface area contributed by atoms with E-state index in [1.165, 1.54) is 0 Å². The Morgan fingerprint density at radius 3 is 2.27 bits per heavy atom. The molecule has 0 fully saturated rings. The van der Waals surface area contributed by atoms with Gasteiger partial charge in [0.1, 0.15) is 18.6 Å². The summed E-state index contributed by atoms with van der Waals surface area (Å²) in [5.41, 5.74) is 0.489. The lowest BCUT2D eigenvalue weighted by molar-refractivity contribution is -0.151. The molecule has 1 atom stereocenters. The Kier molecular flexibility index (Phi) is 15.7. The standard InChI is InChI=1S/C11H12O5.2C2H6O/c1-8(15-7-11(13)14)16-10-4-2-3-9(5-10)6-12;2*1-2-3/h2-6,8H,7H2,1H3,(H,13,14);2*3H,2H2,1H3. The van der Waals surface area contributed by atoms with Gasteiger partial charge in [-0.3, -0.25) is 4.79 Å². The first-order valence-corrected chi connectivity index (χ1v) is 6.72. The fourth-order valence-corrected chi connectivity index (χ4v) is 1.08. The summed E-state index contributed by atoms with van der Waals surface area (Å²) in [5, 5.41) is 23.5. The number of aldehydes is 1. The number of hydrogen-bond donors (Lipinski definition) is 3. The first-order valence-electron chi connectivity index (χ1n) is 6.72. The van der Waals surface area contributed by atoms with Crippen molar-refractivity contribution in [1.82, 2.24) is 0 Å². The highest BCUT2D eigenvalue weighted by Crippen LogP contribution is 2.14. The third-order valence-corrected chi connectivity index (χ3v) is 1.74. The zero-order chi connectivity index (χ0) is 17.4. The van der Waals surface area contributed by atoms with Gasteiger partial charge in [0.2, 0.25) is 0 Å². The second kappa shape index (κ2) is 15.4. The van der Waals surface area contributed by atoms with E-state index < -0.39 is 18.9 Å². The number of aliphatic carboxylic acids is 1. The monoisotopic (exact) mass is 316 g/mol. The predicted octanol–water partition coefficient (Wildman–Crippen LogP) is 1.32. The van der Waals surface area contributed by atoms with Gasteiger partial charge in [-0.05, 0) is 32.9 Å². The molecule has 0 aliphatic carbocycles. The maximum absolute atomic E-state index is 10.5. The summed E-state index contributed by atoms with van der Waals surface area (Å²) in [6, 6.07) is 6.52. The van der Waals surface area contributed by atoms with Gasteiger partial charge in [-0.25, -0.2) is 4.79 Å². The number of rotatable bonds is 6. The summed E-state index contributed by atoms with van der Waals surface area (Å²) < 4.78 is 10.1. The van der Waals surface area contributed by atoms with E-state index in [1.54, 1.807) is 45.0 Å². The van der Waals surface area contributed by atoms with Gasteiger partial charge in [0, 0.05) is 18.8 Å². The van der Waals surface area contributed by atoms with Crippen molar-refractivity contribution in [2.24, 2.45) is 0 Å². The molecule has 126 valence electrons. The van der Waals surface area contributed by atoms with Crippen molar-refractivity contribution in [2.75, 3.05) is 19.8 Å². The van der Waals surface area contributed by atoms with E-state index >= 15 is 0 Å². The molecule has 1 unspecified atom stereocenters. The zero-order valence-electron chi connectivity index (χ0n) is 13.1. The van der Waals surface area contributed by atoms with Crippen molar-refractivity contribution in [1.29, 1.82) is 0 Å². The molecule has 0 aliphatic rings. The fourth-order valence-electron chi connectivity index (χ4n) is 1.08. The summed E-state index contributed by atoms with van der Waals surface area (Å²) >= 11 is 0. The third kappa shape index (κ3) is 14.4. The molecule has 0 amide bonds. The Labute approximate surface area is 130 Å². The summed E-state index contributed by atoms with van der Waals surface area (Å²) in [7, 11) is 0. The number of aliphatic hydroxyl groups is 2. The lowest BCUT2D eigenvalue weighted by Crippen LogP contribution is -2.20. The van der Waals surface area contributed by atoms with Crippen LogP contribution < -0.4 is 4.74 Å². The molecule has 0 saturated carbocycles. The summed E-state index contributed by atoms with van der Waals surface area (Å²) in [5.74, 6) is -0.598. The number of carboxylic acid groups (broad SMARTS) is 1. The van der Waals surface area contributed by atoms with Crippen LogP contribution in [0.3, 0.4) is 0 Å². The molecule has 1 rings (SSSR count). The molecule has 0 radical (unpaired) electrons. The molecular weight excluding hydrogens is 292 g/mol. The van der Waals surface area contributed by atoms with Gasteiger partial charge in [-0.1, -0.05) is 12.1 Å². The number of carbonyl (C=O) groups excluding carboxylic acids is 1. The van der Waals surface area contributed by atoms with Crippen LogP contribution in [0.25, 0.3) is 0 Å². The number of carboxylic acids is 1. The average molecular weight is 316 g/mol. The van der Waals surface area contributed by atoms with Crippen LogP contribution in [0.5, 0.6) is 5.75 Å². The number of hydrogen-bond acceptors (Lipinski definition) is 6. The van der Waals surface area contributed by atoms with Crippen LogP contribution in [0.1, 0.15) is 31.1 Å². The number of benzene rings is 1. The number of ether oxygens (including phenoxy) is 2. The van der Waals surface area contributed by atoms with E-state index in [9.17, 15) is 9.59 Å². The van der Waals surface area contributed by atoms with Gasteiger partial charge < -0.3 is 24.8 Å². The van der Waals surface area contributed by atoms with Crippen molar-refractivity contribution in [3.63, 3.8) is 0 Å². The SMILES string of the molecule is CC(OCC(=O)O)Oc1cccc(C=O)c1.CCO.CCO. The van der Waals surface area contributed by atoms with Crippen LogP contribution in [0.2, 0.25) is 0 Å². The van der Waals surface area contributed by atoms with Crippen LogP contribution in [0, 0.1) is 0 Å². The summed E-state index contributed by atoms with van der Waals surface area (Å²) in [6.45, 7) is 5.02. The van der Waals surface area contributed by atoms with E-state index in [4.69, 9.17) is 24.8 Å². The third-order valence-electron chi connectivity index (χ3n) is 1.74. The smallest absolute Gasteiger partial charge is 0.329 e. The van der Waals surface area contributed by atoms with Crippen LogP contribution in [-0.4, -0.2) is 53.7 Å². The van der Waals surface area contributed by atoms with Gasteiger partial charge >= 0.3 is 5.97 Å². The molecular formula is C15H24O7. The largest absolute Gasteiger partial charge is 0.480 e. The van der Waals surface area contributed by atoms with Crippen molar-refractivity contribution >= 4 is 12.3 Å². The summed E-state index contributed by atoms with van der Waals surface area (Å²) in [4.78, 5) is 20.7. The summed E-state index contributed by atoms with van der Waals surface area (Å²) in [6.07, 6.45) is 0.0216. The Morgan fingerprint density at radius 1 is 1.27 bits per heavy atom. The number of carbonyl (C=O) groups is 2. The molecule has 0 aliphatic heterocycles. The molecule has 3 N–H and O–H groups in total. The van der Waals surface area contributed by atoms with E-state index in [1.807, 2.05) is 0 Å². The van der Waals surface area contributed by atoms with Crippen LogP contribution in [0.15, 0.2) is 24.3 Å². The fraction of sp³-hybridized carbons (Fsp3) is 0.467. The van der Waals surface area contributed by atoms with Crippen molar-refractivity contribution < 1.29 is 34.4 Å². The molecule has 0 saturated heterocycles. The quantitative estimate of drug-likeness (QED) is 0.536. The normalized spacial score (nSPS) is 10.2. The molecule has 1 aromatic rings. The van der Waals surface area contributed by atoms with Gasteiger partial charge in [0.15, 0.2) is 6.29 Å². The van der Waals surface area contributed by atoms with Gasteiger partial charge in [-0.15, -0.1) is 0 Å². The van der Waals surface area contributed by atoms with Crippen LogP contribution in [-0.2, 0) is 9.53 Å². The maximum atomic E-state index is 10.5. The highest BCUT2D eigenvalue weighted by atomic mass is 16.7. The van der Waals surface area contributed by atoms with E-state index in [0.29, 0.717) is 17.6 Å². The highest BCUT2D eigenvalue weighted by Gasteiger charge is 2.06. The Morgan fingerprint density at radius 2 is 1.82 bits per heavy atom. The van der Waals surface area contributed by atoms with E-state index in [0.717, 1.165) is 0 Å². The first kappa shape index (κ1) is 22.3. The van der Waals surface area contributed by atoms with Crippen molar-refractivity contribution in [2.45, 2.75) is 27.1 Å². The Balaban J connectivity index is 0. The molecule has 7 nitrogen and oxygen atoms in total. The molecule has 22 heavy (non-hydrogen) atoms. The highest BCUT2D eigenvalue weighted by molar-refractivity contribution is 5.75. The minimum Gasteiger partial charge on any atom is -0.480 e. The maximum Gasteiger partial charge on any atom is 0.329 e. The molecule has 0 aromatic heterocycles. The minimum atomic E-state index is -1.06. The van der Waals surface area contributed by atoms with Crippen LogP contribution in [0.4, 0.5) is 0 Å². The lowest BCUT2D eigenvalue weighted by Gasteiger charge is -2.14. The molecule has 1 aromatic carbocycles. The minimum absolute atomic E-state index is 0.250. The van der Waals surface area contributed by atoms with E-state index in [-0.39, 0.29) is 13.2 Å². The Hall–Kier alpha value is -1.96. The van der Waals surface area contributed by atoms with Crippen molar-refractivity contribution in [3.8, 4) is 5.75 Å². The second-order valence-corrected chi connectivity index (χ2v) is 3.71. The van der Waals surface area contributed by atoms with Crippen molar-refractivity contribution in [3.05, 3.63) is 29.8 Å². The second-order valence-electron chi connectivity index (χ2n) is 3.71. The Bertz CT molecular complexity index is 405. The predicted molar refractivity (Wildman–Crippen MR) is 81.0 cm³/mol. The number of aliphatic hydroxyl groups excluding tert-OH is 2. The first-order chi connectivity index (χ1) is 10.4. The zero-order valence-corrected chi connectivity index (χ0v) is 13.1. The molecule has 0 bridgehead atoms. The van der Waals surface area contributed by atoms with E-state index in [2.05, 4.69) is 0 Å².